The summed E-state index contributed by atoms with van der Waals surface area (Å²) in [6.07, 6.45) is 14.9. The lowest BCUT2D eigenvalue weighted by Crippen LogP contribution is -2.15. The van der Waals surface area contributed by atoms with Gasteiger partial charge in [0, 0.05) is 55.4 Å². The molecule has 0 amide bonds. The van der Waals surface area contributed by atoms with E-state index in [0.717, 1.165) is 43.5 Å². The first-order chi connectivity index (χ1) is 40.4. The predicted octanol–water partition coefficient (Wildman–Crippen LogP) is 22.9. The van der Waals surface area contributed by atoms with Gasteiger partial charge < -0.3 is 37.9 Å². The van der Waals surface area contributed by atoms with Gasteiger partial charge in [-0.2, -0.15) is 0 Å². The molecule has 0 saturated carbocycles. The van der Waals surface area contributed by atoms with Crippen LogP contribution in [0.3, 0.4) is 0 Å². The third-order valence-electron chi connectivity index (χ3n) is 12.0. The predicted molar refractivity (Wildman–Crippen MR) is 387 cm³/mol. The Kier molecular flexibility index (Phi) is 76.2. The molecule has 0 bridgehead atoms. The van der Waals surface area contributed by atoms with Gasteiger partial charge in [0.2, 0.25) is 0 Å². The molecule has 0 fully saturated rings. The first-order valence-corrected chi connectivity index (χ1v) is 30.9. The van der Waals surface area contributed by atoms with Crippen LogP contribution in [-0.4, -0.2) is 88.4 Å². The van der Waals surface area contributed by atoms with Gasteiger partial charge in [-0.15, -0.1) is 0 Å². The van der Waals surface area contributed by atoms with E-state index in [0.29, 0.717) is 6.10 Å². The van der Waals surface area contributed by atoms with E-state index in [-0.39, 0.29) is 20.5 Å². The number of ether oxygens (including phenoxy) is 8. The highest BCUT2D eigenvalue weighted by Gasteiger charge is 2.04. The molecule has 6 aromatic rings. The van der Waals surface area contributed by atoms with Crippen molar-refractivity contribution < 1.29 is 37.9 Å². The van der Waals surface area contributed by atoms with Crippen LogP contribution < -0.4 is 14.2 Å². The maximum atomic E-state index is 5.04. The van der Waals surface area contributed by atoms with Crippen LogP contribution in [0.4, 0.5) is 0 Å². The molecule has 0 radical (unpaired) electrons. The molecule has 500 valence electrons. The van der Waals surface area contributed by atoms with Crippen LogP contribution in [0.1, 0.15) is 191 Å². The van der Waals surface area contributed by atoms with E-state index in [4.69, 9.17) is 37.9 Å². The smallest absolute Gasteiger partial charge is 0.121 e. The highest BCUT2D eigenvalue weighted by molar-refractivity contribution is 5.31. The number of benzene rings is 6. The van der Waals surface area contributed by atoms with E-state index >= 15 is 0 Å². The summed E-state index contributed by atoms with van der Waals surface area (Å²) in [7, 11) is 13.7. The van der Waals surface area contributed by atoms with Crippen LogP contribution in [0.15, 0.2) is 146 Å². The highest BCUT2D eigenvalue weighted by atomic mass is 16.5. The molecule has 0 unspecified atom stereocenters. The lowest BCUT2D eigenvalue weighted by atomic mass is 10.1. The molecule has 0 atom stereocenters. The quantitative estimate of drug-likeness (QED) is 0.0788. The average Bonchev–Trinajstić information content (AvgIpc) is 3.55. The van der Waals surface area contributed by atoms with Crippen LogP contribution in [0.25, 0.3) is 0 Å². The molecule has 0 saturated heterocycles. The van der Waals surface area contributed by atoms with Gasteiger partial charge in [0.1, 0.15) is 17.2 Å². The number of hydrogen-bond donors (Lipinski definition) is 0. The number of hydrogen-bond acceptors (Lipinski definition) is 8. The highest BCUT2D eigenvalue weighted by Crippen LogP contribution is 2.15. The van der Waals surface area contributed by atoms with Gasteiger partial charge in [-0.05, 0) is 169 Å². The van der Waals surface area contributed by atoms with Crippen molar-refractivity contribution in [3.63, 3.8) is 0 Å². The molecule has 6 rings (SSSR count). The zero-order valence-corrected chi connectivity index (χ0v) is 59.1. The molecule has 8 heteroatoms. The second-order valence-electron chi connectivity index (χ2n) is 21.8. The fourth-order valence-corrected chi connectivity index (χ4v) is 6.21. The molecular formula is C79H136O8. The third kappa shape index (κ3) is 74.7. The minimum atomic E-state index is 0. The number of aryl methyl sites for hydroxylation is 9. The third-order valence-corrected chi connectivity index (χ3v) is 12.0. The summed E-state index contributed by atoms with van der Waals surface area (Å²) < 4.78 is 39.2. The molecule has 0 N–H and O–H groups in total. The van der Waals surface area contributed by atoms with Crippen LogP contribution >= 0.6 is 0 Å². The van der Waals surface area contributed by atoms with E-state index in [2.05, 4.69) is 142 Å². The van der Waals surface area contributed by atoms with Crippen molar-refractivity contribution in [2.45, 2.75) is 215 Å². The molecule has 6 aromatic carbocycles. The standard InChI is InChI=1S/C10H22O.3C8H10O.3C8H10.C6H14O.C5H12O.2C4H10O.2CH4/c1-3-4-5-6-7-8-9-10-11-2;1-7-3-5-8(9-2)6-4-7;1-7-4-3-5-8(6-7)9-2;1-7-5-3-4-6-8(7)9-2;1-7-3-5-8(2)6-4-7;1-7-4-3-5-8(2)6-7;1-7-5-3-4-6-8(7)2;1-3-4-5-6-7-2;1-5(2,3)6-4;1-4(2)5-3;1-3-4-5-2;;/h3-10H2,1-2H3;3*3-6H,1-2H3;3*3-6H,1-2H3;3-6H2,1-2H3;1-4H3;4H,1-3H3;3-4H2,1-2H3;2*1H4. The SMILES string of the molecule is C.C.CCCCCCCCCOC.CCCCCOC.CCCOC.COC(C)(C)C.COC(C)C.COc1ccc(C)cc1.COc1cccc(C)c1.COc1ccccc1C.Cc1ccc(C)cc1.Cc1cccc(C)c1.Cc1ccccc1C. The minimum absolute atomic E-state index is 0. The zero-order valence-electron chi connectivity index (χ0n) is 59.1. The monoisotopic (exact) mass is 1210 g/mol. The Balaban J connectivity index is -0.000000163. The Morgan fingerprint density at radius 1 is 0.333 bits per heavy atom. The lowest BCUT2D eigenvalue weighted by Gasteiger charge is -2.14. The summed E-state index contributed by atoms with van der Waals surface area (Å²) in [4.78, 5) is 0. The van der Waals surface area contributed by atoms with Crippen LogP contribution in [-0.2, 0) is 23.7 Å². The van der Waals surface area contributed by atoms with Crippen molar-refractivity contribution >= 4 is 0 Å². The van der Waals surface area contributed by atoms with Crippen LogP contribution in [0.2, 0.25) is 0 Å². The number of methoxy groups -OCH3 is 8. The fraction of sp³-hybridized carbons (Fsp3) is 0.544. The molecule has 8 nitrogen and oxygen atoms in total. The summed E-state index contributed by atoms with van der Waals surface area (Å²) in [5, 5.41) is 0. The Bertz CT molecular complexity index is 2190. The Morgan fingerprint density at radius 2 is 0.667 bits per heavy atom. The molecule has 0 aliphatic heterocycles. The summed E-state index contributed by atoms with van der Waals surface area (Å²) in [6.45, 7) is 38.1. The van der Waals surface area contributed by atoms with Crippen molar-refractivity contribution in [3.05, 3.63) is 196 Å². The lowest BCUT2D eigenvalue weighted by molar-refractivity contribution is 0.0397. The molecule has 0 aromatic heterocycles. The second-order valence-corrected chi connectivity index (χ2v) is 21.8. The van der Waals surface area contributed by atoms with Gasteiger partial charge in [-0.25, -0.2) is 0 Å². The van der Waals surface area contributed by atoms with E-state index in [1.807, 2.05) is 121 Å². The van der Waals surface area contributed by atoms with E-state index in [1.165, 1.54) is 114 Å². The average molecular weight is 1210 g/mol. The molecule has 0 aliphatic rings. The molecule has 87 heavy (non-hydrogen) atoms. The van der Waals surface area contributed by atoms with Crippen molar-refractivity contribution in [3.8, 4) is 17.2 Å². The molecule has 0 aliphatic carbocycles. The van der Waals surface area contributed by atoms with Gasteiger partial charge in [0.05, 0.1) is 33.0 Å². The molecule has 0 spiro atoms. The summed E-state index contributed by atoms with van der Waals surface area (Å²) >= 11 is 0. The van der Waals surface area contributed by atoms with Crippen molar-refractivity contribution in [2.24, 2.45) is 0 Å². The van der Waals surface area contributed by atoms with Crippen LogP contribution in [0, 0.1) is 62.3 Å². The van der Waals surface area contributed by atoms with E-state index in [1.54, 1.807) is 56.9 Å². The van der Waals surface area contributed by atoms with Crippen LogP contribution in [0.5, 0.6) is 17.2 Å². The molecule has 0 heterocycles. The number of rotatable bonds is 18. The molecular weight excluding hydrogens is 1080 g/mol. The first-order valence-electron chi connectivity index (χ1n) is 30.9. The van der Waals surface area contributed by atoms with Crippen molar-refractivity contribution in [1.29, 1.82) is 0 Å². The topological polar surface area (TPSA) is 73.8 Å². The van der Waals surface area contributed by atoms with Crippen molar-refractivity contribution in [2.75, 3.05) is 76.7 Å². The summed E-state index contributed by atoms with van der Waals surface area (Å²) in [5.74, 6) is 2.80. The minimum Gasteiger partial charge on any atom is -0.497 e. The summed E-state index contributed by atoms with van der Waals surface area (Å²) in [6, 6.07) is 49.2. The summed E-state index contributed by atoms with van der Waals surface area (Å²) in [5.41, 5.74) is 11.8. The van der Waals surface area contributed by atoms with E-state index in [9.17, 15) is 0 Å². The largest absolute Gasteiger partial charge is 0.497 e. The maximum absolute atomic E-state index is 5.04. The Hall–Kier alpha value is -5.48. The zero-order chi connectivity index (χ0) is 65.5. The normalized spacial score (nSPS) is 9.31. The Labute approximate surface area is 539 Å². The maximum Gasteiger partial charge on any atom is 0.121 e. The van der Waals surface area contributed by atoms with E-state index < -0.39 is 0 Å². The second kappa shape index (κ2) is 69.6. The number of para-hydroxylation sites is 1. The van der Waals surface area contributed by atoms with Gasteiger partial charge in [-0.1, -0.05) is 230 Å². The van der Waals surface area contributed by atoms with Gasteiger partial charge in [0.15, 0.2) is 0 Å². The van der Waals surface area contributed by atoms with Gasteiger partial charge in [0.25, 0.3) is 0 Å². The fourth-order valence-electron chi connectivity index (χ4n) is 6.21. The van der Waals surface area contributed by atoms with Gasteiger partial charge >= 0.3 is 0 Å². The van der Waals surface area contributed by atoms with Crippen molar-refractivity contribution in [1.82, 2.24) is 0 Å². The first kappa shape index (κ1) is 95.2. The number of unbranched alkanes of at least 4 members (excludes halogenated alkanes) is 8. The Morgan fingerprint density at radius 3 is 0.931 bits per heavy atom. The van der Waals surface area contributed by atoms with Gasteiger partial charge in [-0.3, -0.25) is 0 Å².